The highest BCUT2D eigenvalue weighted by molar-refractivity contribution is 14.0. The molecule has 2 N–H and O–H groups in total. The fourth-order valence-electron chi connectivity index (χ4n) is 2.00. The number of hydrogen-bond acceptors (Lipinski definition) is 3. The summed E-state index contributed by atoms with van der Waals surface area (Å²) in [5, 5.41) is 10.5. The molecule has 0 aliphatic heterocycles. The van der Waals surface area contributed by atoms with Crippen LogP contribution in [0.25, 0.3) is 0 Å². The number of halogens is 1. The van der Waals surface area contributed by atoms with E-state index >= 15 is 0 Å². The zero-order valence-corrected chi connectivity index (χ0v) is 15.1. The minimum atomic E-state index is 0. The molecule has 21 heavy (non-hydrogen) atoms. The third-order valence-electron chi connectivity index (χ3n) is 3.19. The van der Waals surface area contributed by atoms with Gasteiger partial charge in [-0.25, -0.2) is 0 Å². The molecule has 2 heterocycles. The summed E-state index contributed by atoms with van der Waals surface area (Å²) < 4.78 is 7.17. The van der Waals surface area contributed by atoms with Gasteiger partial charge < -0.3 is 19.7 Å². The predicted molar refractivity (Wildman–Crippen MR) is 93.8 cm³/mol. The van der Waals surface area contributed by atoms with E-state index in [0.717, 1.165) is 29.5 Å². The predicted octanol–water partition coefficient (Wildman–Crippen LogP) is 2.11. The van der Waals surface area contributed by atoms with Gasteiger partial charge in [0.05, 0.1) is 5.69 Å². The van der Waals surface area contributed by atoms with Gasteiger partial charge in [-0.15, -0.1) is 24.0 Å². The van der Waals surface area contributed by atoms with Crippen LogP contribution in [0.5, 0.6) is 0 Å². The molecular formula is C14H22IN5O. The average Bonchev–Trinajstić information content (AvgIpc) is 2.98. The van der Waals surface area contributed by atoms with Crippen LogP contribution in [-0.4, -0.2) is 22.7 Å². The summed E-state index contributed by atoms with van der Waals surface area (Å²) in [6.45, 7) is 5.24. The summed E-state index contributed by atoms with van der Waals surface area (Å²) in [7, 11) is 3.77. The maximum absolute atomic E-state index is 5.14. The largest absolute Gasteiger partial charge is 0.361 e. The Hall–Kier alpha value is -1.51. The zero-order chi connectivity index (χ0) is 14.5. The topological polar surface area (TPSA) is 67.4 Å². The average molecular weight is 403 g/mol. The van der Waals surface area contributed by atoms with E-state index < -0.39 is 0 Å². The zero-order valence-electron chi connectivity index (χ0n) is 12.8. The fourth-order valence-corrected chi connectivity index (χ4v) is 2.00. The van der Waals surface area contributed by atoms with Crippen molar-refractivity contribution in [2.24, 2.45) is 12.0 Å². The molecule has 6 nitrogen and oxygen atoms in total. The second-order valence-corrected chi connectivity index (χ2v) is 4.77. The van der Waals surface area contributed by atoms with E-state index in [9.17, 15) is 0 Å². The number of nitrogens with one attached hydrogen (secondary N) is 2. The van der Waals surface area contributed by atoms with Crippen molar-refractivity contribution in [3.8, 4) is 0 Å². The molecule has 0 bridgehead atoms. The summed E-state index contributed by atoms with van der Waals surface area (Å²) in [5.41, 5.74) is 3.20. The molecular weight excluding hydrogens is 381 g/mol. The second kappa shape index (κ2) is 8.06. The lowest BCUT2D eigenvalue weighted by atomic mass is 10.2. The molecule has 0 radical (unpaired) electrons. The van der Waals surface area contributed by atoms with Gasteiger partial charge in [0.2, 0.25) is 0 Å². The van der Waals surface area contributed by atoms with Crippen LogP contribution < -0.4 is 10.6 Å². The van der Waals surface area contributed by atoms with Gasteiger partial charge in [-0.2, -0.15) is 0 Å². The molecule has 0 unspecified atom stereocenters. The molecule has 0 aromatic carbocycles. The summed E-state index contributed by atoms with van der Waals surface area (Å²) in [5.74, 6) is 1.60. The van der Waals surface area contributed by atoms with Crippen molar-refractivity contribution < 1.29 is 4.52 Å². The van der Waals surface area contributed by atoms with E-state index in [-0.39, 0.29) is 24.0 Å². The SMILES string of the molecule is CN=C(NCc1ccn(C)c1)NCc1c(C)noc1C.I. The Labute approximate surface area is 142 Å². The molecule has 0 amide bonds. The summed E-state index contributed by atoms with van der Waals surface area (Å²) in [6, 6.07) is 2.08. The van der Waals surface area contributed by atoms with Crippen LogP contribution in [0.2, 0.25) is 0 Å². The third-order valence-corrected chi connectivity index (χ3v) is 3.19. The molecule has 0 aliphatic rings. The molecule has 2 aromatic rings. The first kappa shape index (κ1) is 17.5. The van der Waals surface area contributed by atoms with Gasteiger partial charge in [0, 0.05) is 45.1 Å². The first-order valence-corrected chi connectivity index (χ1v) is 6.57. The van der Waals surface area contributed by atoms with Crippen LogP contribution in [-0.2, 0) is 20.1 Å². The lowest BCUT2D eigenvalue weighted by Crippen LogP contribution is -2.36. The number of guanidine groups is 1. The lowest BCUT2D eigenvalue weighted by molar-refractivity contribution is 0.392. The number of aliphatic imine (C=N–C) groups is 1. The van der Waals surface area contributed by atoms with Crippen LogP contribution in [0, 0.1) is 13.8 Å². The number of aryl methyl sites for hydroxylation is 3. The maximum Gasteiger partial charge on any atom is 0.191 e. The van der Waals surface area contributed by atoms with Crippen molar-refractivity contribution in [2.75, 3.05) is 7.05 Å². The Morgan fingerprint density at radius 2 is 2.05 bits per heavy atom. The van der Waals surface area contributed by atoms with Crippen molar-refractivity contribution in [1.82, 2.24) is 20.4 Å². The van der Waals surface area contributed by atoms with Crippen molar-refractivity contribution in [3.63, 3.8) is 0 Å². The highest BCUT2D eigenvalue weighted by Gasteiger charge is 2.09. The molecule has 0 atom stereocenters. The molecule has 0 saturated heterocycles. The van der Waals surface area contributed by atoms with E-state index in [1.807, 2.05) is 31.7 Å². The molecule has 2 rings (SSSR count). The van der Waals surface area contributed by atoms with Crippen molar-refractivity contribution in [2.45, 2.75) is 26.9 Å². The van der Waals surface area contributed by atoms with Gasteiger partial charge in [0.25, 0.3) is 0 Å². The van der Waals surface area contributed by atoms with Crippen LogP contribution in [0.4, 0.5) is 0 Å². The van der Waals surface area contributed by atoms with Crippen molar-refractivity contribution >= 4 is 29.9 Å². The van der Waals surface area contributed by atoms with Gasteiger partial charge >= 0.3 is 0 Å². The van der Waals surface area contributed by atoms with Gasteiger partial charge in [0.1, 0.15) is 5.76 Å². The minimum absolute atomic E-state index is 0. The van der Waals surface area contributed by atoms with Crippen LogP contribution >= 0.6 is 24.0 Å². The highest BCUT2D eigenvalue weighted by Crippen LogP contribution is 2.11. The standard InChI is InChI=1S/C14H21N5O.HI/c1-10-13(11(2)20-18-10)8-17-14(15-3)16-7-12-5-6-19(4)9-12;/h5-6,9H,7-8H2,1-4H3,(H2,15,16,17);1H. The normalized spacial score (nSPS) is 11.1. The van der Waals surface area contributed by atoms with E-state index in [0.29, 0.717) is 6.54 Å². The molecule has 0 fully saturated rings. The van der Waals surface area contributed by atoms with Crippen molar-refractivity contribution in [3.05, 3.63) is 41.0 Å². The Balaban J connectivity index is 0.00000220. The second-order valence-electron chi connectivity index (χ2n) is 4.77. The number of rotatable bonds is 4. The van der Waals surface area contributed by atoms with E-state index in [1.165, 1.54) is 5.56 Å². The fraction of sp³-hybridized carbons (Fsp3) is 0.429. The molecule has 0 spiro atoms. The van der Waals surface area contributed by atoms with Crippen LogP contribution in [0.15, 0.2) is 28.0 Å². The Kier molecular flexibility index (Phi) is 6.73. The van der Waals surface area contributed by atoms with Gasteiger partial charge in [0.15, 0.2) is 5.96 Å². The molecule has 0 aliphatic carbocycles. The molecule has 2 aromatic heterocycles. The quantitative estimate of drug-likeness (QED) is 0.466. The summed E-state index contributed by atoms with van der Waals surface area (Å²) >= 11 is 0. The molecule has 7 heteroatoms. The van der Waals surface area contributed by atoms with Gasteiger partial charge in [-0.05, 0) is 25.5 Å². The molecule has 116 valence electrons. The van der Waals surface area contributed by atoms with E-state index in [1.54, 1.807) is 7.05 Å². The van der Waals surface area contributed by atoms with Crippen LogP contribution in [0.3, 0.4) is 0 Å². The maximum atomic E-state index is 5.14. The summed E-state index contributed by atoms with van der Waals surface area (Å²) in [6.07, 6.45) is 4.10. The first-order chi connectivity index (χ1) is 9.60. The first-order valence-electron chi connectivity index (χ1n) is 6.57. The van der Waals surface area contributed by atoms with Crippen LogP contribution in [0.1, 0.15) is 22.6 Å². The Morgan fingerprint density at radius 3 is 2.57 bits per heavy atom. The van der Waals surface area contributed by atoms with Gasteiger partial charge in [-0.3, -0.25) is 4.99 Å². The van der Waals surface area contributed by atoms with E-state index in [4.69, 9.17) is 4.52 Å². The smallest absolute Gasteiger partial charge is 0.191 e. The van der Waals surface area contributed by atoms with E-state index in [2.05, 4.69) is 33.0 Å². The molecule has 0 saturated carbocycles. The number of aromatic nitrogens is 2. The number of hydrogen-bond donors (Lipinski definition) is 2. The number of nitrogens with zero attached hydrogens (tertiary/aromatic N) is 3. The third kappa shape index (κ3) is 4.76. The Morgan fingerprint density at radius 1 is 1.33 bits per heavy atom. The summed E-state index contributed by atoms with van der Waals surface area (Å²) in [4.78, 5) is 4.21. The monoisotopic (exact) mass is 403 g/mol. The highest BCUT2D eigenvalue weighted by atomic mass is 127. The minimum Gasteiger partial charge on any atom is -0.361 e. The Bertz CT molecular complexity index is 583. The lowest BCUT2D eigenvalue weighted by Gasteiger charge is -2.11. The van der Waals surface area contributed by atoms with Gasteiger partial charge in [-0.1, -0.05) is 5.16 Å². The van der Waals surface area contributed by atoms with Crippen molar-refractivity contribution in [1.29, 1.82) is 0 Å².